The summed E-state index contributed by atoms with van der Waals surface area (Å²) in [6.45, 7) is 0.570. The molecule has 2 amide bonds. The molecule has 0 bridgehead atoms. The van der Waals surface area contributed by atoms with Crippen LogP contribution in [0.25, 0.3) is 0 Å². The monoisotopic (exact) mass is 329 g/mol. The van der Waals surface area contributed by atoms with Gasteiger partial charge in [0.25, 0.3) is 0 Å². The van der Waals surface area contributed by atoms with Crippen LogP contribution in [0, 0.1) is 5.92 Å². The van der Waals surface area contributed by atoms with Crippen molar-refractivity contribution in [2.24, 2.45) is 13.0 Å². The topological polar surface area (TPSA) is 83.0 Å². The summed E-state index contributed by atoms with van der Waals surface area (Å²) >= 11 is 0. The zero-order valence-electron chi connectivity index (χ0n) is 14.0. The summed E-state index contributed by atoms with van der Waals surface area (Å²) < 4.78 is 1.87. The van der Waals surface area contributed by atoms with E-state index < -0.39 is 0 Å². The molecule has 0 radical (unpaired) electrons. The average Bonchev–Trinajstić information content (AvgIpc) is 3.21. The van der Waals surface area contributed by atoms with Crippen LogP contribution in [0.15, 0.2) is 30.7 Å². The van der Waals surface area contributed by atoms with E-state index in [4.69, 9.17) is 0 Å². The van der Waals surface area contributed by atoms with Crippen LogP contribution < -0.4 is 5.32 Å². The fourth-order valence-electron chi connectivity index (χ4n) is 3.30. The summed E-state index contributed by atoms with van der Waals surface area (Å²) in [5.74, 6) is 0.500. The van der Waals surface area contributed by atoms with E-state index in [1.165, 1.54) is 0 Å². The minimum Gasteiger partial charge on any atom is -0.365 e. The maximum Gasteiger partial charge on any atom is 0.225 e. The molecule has 3 heterocycles. The molecule has 0 spiro atoms. The Bertz CT molecular complexity index is 706. The summed E-state index contributed by atoms with van der Waals surface area (Å²) in [4.78, 5) is 33.9. The van der Waals surface area contributed by atoms with E-state index in [0.29, 0.717) is 19.4 Å². The third-order valence-corrected chi connectivity index (χ3v) is 4.68. The van der Waals surface area contributed by atoms with Crippen molar-refractivity contribution in [2.75, 3.05) is 13.6 Å². The zero-order chi connectivity index (χ0) is 17.1. The summed E-state index contributed by atoms with van der Waals surface area (Å²) in [6, 6.07) is 3.61. The Morgan fingerprint density at radius 1 is 1.46 bits per heavy atom. The molecule has 2 N–H and O–H groups in total. The van der Waals surface area contributed by atoms with Crippen LogP contribution in [0.4, 0.5) is 0 Å². The number of hydrogen-bond acceptors (Lipinski definition) is 3. The number of likely N-dealkylation sites (tertiary alicyclic amines) is 1. The number of amides is 2. The normalized spacial score (nSPS) is 21.1. The molecule has 2 atom stereocenters. The molecule has 0 aromatic carbocycles. The Morgan fingerprint density at radius 3 is 2.96 bits per heavy atom. The molecule has 0 unspecified atom stereocenters. The second-order valence-corrected chi connectivity index (χ2v) is 6.23. The lowest BCUT2D eigenvalue weighted by Gasteiger charge is -2.37. The first kappa shape index (κ1) is 16.3. The first-order chi connectivity index (χ1) is 11.6. The van der Waals surface area contributed by atoms with Gasteiger partial charge in [0, 0.05) is 57.8 Å². The number of carbonyl (C=O) groups excluding carboxylic acids is 2. The lowest BCUT2D eigenvalue weighted by atomic mass is 9.87. The smallest absolute Gasteiger partial charge is 0.225 e. The first-order valence-corrected chi connectivity index (χ1v) is 8.21. The highest BCUT2D eigenvalue weighted by atomic mass is 16.2. The third kappa shape index (κ3) is 3.20. The largest absolute Gasteiger partial charge is 0.365 e. The summed E-state index contributed by atoms with van der Waals surface area (Å²) in [6.07, 6.45) is 7.11. The van der Waals surface area contributed by atoms with Gasteiger partial charge in [-0.2, -0.15) is 0 Å². The number of aromatic nitrogens is 3. The van der Waals surface area contributed by atoms with E-state index in [0.717, 1.165) is 17.9 Å². The van der Waals surface area contributed by atoms with Crippen LogP contribution in [0.1, 0.15) is 30.4 Å². The molecular weight excluding hydrogens is 306 g/mol. The Kier molecular flexibility index (Phi) is 4.69. The van der Waals surface area contributed by atoms with Crippen LogP contribution >= 0.6 is 0 Å². The van der Waals surface area contributed by atoms with E-state index in [2.05, 4.69) is 15.3 Å². The van der Waals surface area contributed by atoms with Gasteiger partial charge in [0.2, 0.25) is 11.8 Å². The van der Waals surface area contributed by atoms with Crippen LogP contribution in [-0.2, 0) is 23.1 Å². The number of imidazole rings is 1. The van der Waals surface area contributed by atoms with Gasteiger partial charge in [-0.25, -0.2) is 4.98 Å². The van der Waals surface area contributed by atoms with E-state index in [1.807, 2.05) is 36.1 Å². The molecule has 1 saturated heterocycles. The lowest BCUT2D eigenvalue weighted by Crippen LogP contribution is -2.47. The van der Waals surface area contributed by atoms with Crippen molar-refractivity contribution in [2.45, 2.75) is 25.3 Å². The standard InChI is InChI=1S/C17H23N5O2/c1-21-11-10-19-16(21)15-13(5-6-14(23)22(15)2)17(24)20-9-7-12-4-3-8-18-12/h3-4,8,10-11,13,15,18H,5-7,9H2,1-2H3,(H,20,24)/t13-,15-/m0/s1. The molecule has 1 aliphatic rings. The lowest BCUT2D eigenvalue weighted by molar-refractivity contribution is -0.142. The molecule has 0 saturated carbocycles. The van der Waals surface area contributed by atoms with Crippen molar-refractivity contribution in [3.63, 3.8) is 0 Å². The number of nitrogens with one attached hydrogen (secondary N) is 2. The molecule has 0 aliphatic carbocycles. The number of nitrogens with zero attached hydrogens (tertiary/aromatic N) is 3. The van der Waals surface area contributed by atoms with Gasteiger partial charge in [0.1, 0.15) is 11.9 Å². The molecule has 128 valence electrons. The third-order valence-electron chi connectivity index (χ3n) is 4.68. The minimum atomic E-state index is -0.322. The predicted molar refractivity (Wildman–Crippen MR) is 88.9 cm³/mol. The fraction of sp³-hybridized carbons (Fsp3) is 0.471. The fourth-order valence-corrected chi connectivity index (χ4v) is 3.30. The van der Waals surface area contributed by atoms with Crippen LogP contribution in [0.3, 0.4) is 0 Å². The number of hydrogen-bond donors (Lipinski definition) is 2. The van der Waals surface area contributed by atoms with E-state index in [-0.39, 0.29) is 23.8 Å². The highest BCUT2D eigenvalue weighted by Gasteiger charge is 2.40. The highest BCUT2D eigenvalue weighted by molar-refractivity contribution is 5.84. The van der Waals surface area contributed by atoms with Crippen LogP contribution in [-0.4, -0.2) is 44.8 Å². The van der Waals surface area contributed by atoms with Gasteiger partial charge in [-0.3, -0.25) is 9.59 Å². The number of rotatable bonds is 5. The molecule has 3 rings (SSSR count). The van der Waals surface area contributed by atoms with Crippen LogP contribution in [0.5, 0.6) is 0 Å². The predicted octanol–water partition coefficient (Wildman–Crippen LogP) is 1.02. The number of aryl methyl sites for hydroxylation is 1. The van der Waals surface area contributed by atoms with Crippen molar-refractivity contribution < 1.29 is 9.59 Å². The summed E-state index contributed by atoms with van der Waals surface area (Å²) in [5.41, 5.74) is 1.09. The van der Waals surface area contributed by atoms with Gasteiger partial charge >= 0.3 is 0 Å². The molecule has 24 heavy (non-hydrogen) atoms. The van der Waals surface area contributed by atoms with Crippen molar-refractivity contribution in [3.05, 3.63) is 42.2 Å². The SMILES string of the molecule is CN1C(=O)CC[C@H](C(=O)NCCc2ccc[nH]2)[C@H]1c1nccn1C. The molecule has 2 aromatic heterocycles. The zero-order valence-corrected chi connectivity index (χ0v) is 14.0. The second kappa shape index (κ2) is 6.90. The summed E-state index contributed by atoms with van der Waals surface area (Å²) in [5, 5.41) is 3.00. The molecule has 1 aliphatic heterocycles. The van der Waals surface area contributed by atoms with E-state index in [1.54, 1.807) is 18.1 Å². The Balaban J connectivity index is 1.70. The Labute approximate surface area is 141 Å². The first-order valence-electron chi connectivity index (χ1n) is 8.21. The minimum absolute atomic E-state index is 0.0195. The Morgan fingerprint density at radius 2 is 2.29 bits per heavy atom. The van der Waals surface area contributed by atoms with Gasteiger partial charge in [-0.15, -0.1) is 0 Å². The number of aromatic amines is 1. The van der Waals surface area contributed by atoms with Gasteiger partial charge in [-0.1, -0.05) is 0 Å². The van der Waals surface area contributed by atoms with Gasteiger partial charge < -0.3 is 19.8 Å². The van der Waals surface area contributed by atoms with E-state index in [9.17, 15) is 9.59 Å². The van der Waals surface area contributed by atoms with Crippen molar-refractivity contribution in [1.82, 2.24) is 24.8 Å². The van der Waals surface area contributed by atoms with Crippen molar-refractivity contribution in [3.8, 4) is 0 Å². The van der Waals surface area contributed by atoms with E-state index >= 15 is 0 Å². The van der Waals surface area contributed by atoms with Gasteiger partial charge in [0.05, 0.1) is 5.92 Å². The number of carbonyl (C=O) groups is 2. The van der Waals surface area contributed by atoms with Gasteiger partial charge in [-0.05, 0) is 18.6 Å². The quantitative estimate of drug-likeness (QED) is 0.859. The second-order valence-electron chi connectivity index (χ2n) is 6.23. The summed E-state index contributed by atoms with van der Waals surface area (Å²) in [7, 11) is 3.63. The van der Waals surface area contributed by atoms with Crippen molar-refractivity contribution >= 4 is 11.8 Å². The highest BCUT2D eigenvalue weighted by Crippen LogP contribution is 2.34. The maximum atomic E-state index is 12.7. The molecule has 7 nitrogen and oxygen atoms in total. The molecule has 7 heteroatoms. The van der Waals surface area contributed by atoms with Crippen molar-refractivity contribution in [1.29, 1.82) is 0 Å². The molecular formula is C17H23N5O2. The molecule has 1 fully saturated rings. The number of H-pyrrole nitrogens is 1. The Hall–Kier alpha value is -2.57. The maximum absolute atomic E-state index is 12.7. The van der Waals surface area contributed by atoms with Crippen LogP contribution in [0.2, 0.25) is 0 Å². The number of piperidine rings is 1. The van der Waals surface area contributed by atoms with Gasteiger partial charge in [0.15, 0.2) is 0 Å². The molecule has 2 aromatic rings. The average molecular weight is 329 g/mol.